The Morgan fingerprint density at radius 3 is 2.67 bits per heavy atom. The number of hydrogen-bond donors (Lipinski definition) is 0. The van der Waals surface area contributed by atoms with Gasteiger partial charge in [-0.2, -0.15) is 0 Å². The van der Waals surface area contributed by atoms with Gasteiger partial charge in [0.05, 0.1) is 18.6 Å². The van der Waals surface area contributed by atoms with Gasteiger partial charge in [-0.25, -0.2) is 0 Å². The summed E-state index contributed by atoms with van der Waals surface area (Å²) in [4.78, 5) is 29.6. The number of esters is 1. The minimum Gasteiger partial charge on any atom is -0.466 e. The summed E-state index contributed by atoms with van der Waals surface area (Å²) in [5.41, 5.74) is 0.546. The van der Waals surface area contributed by atoms with Crippen molar-refractivity contribution >= 4 is 11.9 Å². The molecule has 21 heavy (non-hydrogen) atoms. The Labute approximate surface area is 126 Å². The van der Waals surface area contributed by atoms with E-state index in [1.165, 1.54) is 0 Å². The first-order valence-electron chi connectivity index (χ1n) is 7.39. The topological polar surface area (TPSA) is 59.5 Å². The number of carbonyl (C=O) groups is 2. The van der Waals surface area contributed by atoms with Crippen LogP contribution in [0.25, 0.3) is 0 Å². The van der Waals surface area contributed by atoms with E-state index in [4.69, 9.17) is 4.74 Å². The number of hydrogen-bond acceptors (Lipinski definition) is 4. The lowest BCUT2D eigenvalue weighted by Crippen LogP contribution is -2.34. The van der Waals surface area contributed by atoms with E-state index >= 15 is 0 Å². The van der Waals surface area contributed by atoms with Gasteiger partial charge in [-0.3, -0.25) is 14.6 Å². The number of nitrogens with zero attached hydrogens (tertiary/aromatic N) is 2. The Morgan fingerprint density at radius 1 is 1.33 bits per heavy atom. The minimum atomic E-state index is -0.272. The fourth-order valence-electron chi connectivity index (χ4n) is 1.86. The predicted octanol–water partition coefficient (Wildman–Crippen LogP) is 2.52. The molecule has 5 heteroatoms. The number of ether oxygens (including phenoxy) is 1. The number of rotatable bonds is 8. The summed E-state index contributed by atoms with van der Waals surface area (Å²) in [6.07, 6.45) is 4.30. The lowest BCUT2D eigenvalue weighted by Gasteiger charge is -2.23. The molecule has 0 bridgehead atoms. The second-order valence-electron chi connectivity index (χ2n) is 5.27. The van der Waals surface area contributed by atoms with Crippen molar-refractivity contribution in [2.75, 3.05) is 19.7 Å². The van der Waals surface area contributed by atoms with Crippen molar-refractivity contribution in [1.82, 2.24) is 9.88 Å². The number of carbonyl (C=O) groups excluding carboxylic acids is 2. The highest BCUT2D eigenvalue weighted by Gasteiger charge is 2.17. The predicted molar refractivity (Wildman–Crippen MR) is 80.8 cm³/mol. The van der Waals surface area contributed by atoms with E-state index < -0.39 is 0 Å². The fourth-order valence-corrected chi connectivity index (χ4v) is 1.86. The molecule has 116 valence electrons. The average Bonchev–Trinajstić information content (AvgIpc) is 2.47. The third-order valence-electron chi connectivity index (χ3n) is 3.06. The smallest absolute Gasteiger partial charge is 0.307 e. The van der Waals surface area contributed by atoms with Gasteiger partial charge in [-0.05, 0) is 31.4 Å². The average molecular weight is 292 g/mol. The third-order valence-corrected chi connectivity index (χ3v) is 3.06. The highest BCUT2D eigenvalue weighted by atomic mass is 16.5. The number of aromatic nitrogens is 1. The molecule has 5 nitrogen and oxygen atoms in total. The maximum Gasteiger partial charge on any atom is 0.307 e. The molecule has 1 amide bonds. The Kier molecular flexibility index (Phi) is 7.43. The van der Waals surface area contributed by atoms with Gasteiger partial charge in [0.15, 0.2) is 0 Å². The molecule has 1 aromatic heterocycles. The molecule has 0 aliphatic carbocycles. The van der Waals surface area contributed by atoms with Gasteiger partial charge >= 0.3 is 5.97 Å². The van der Waals surface area contributed by atoms with Crippen LogP contribution in [0.15, 0.2) is 24.5 Å². The Bertz CT molecular complexity index is 446. The molecule has 1 heterocycles. The van der Waals surface area contributed by atoms with Crippen LogP contribution in [0.4, 0.5) is 0 Å². The summed E-state index contributed by atoms with van der Waals surface area (Å²) >= 11 is 0. The first-order valence-corrected chi connectivity index (χ1v) is 7.39. The molecule has 1 rings (SSSR count). The van der Waals surface area contributed by atoms with Crippen molar-refractivity contribution < 1.29 is 14.3 Å². The van der Waals surface area contributed by atoms with Gasteiger partial charge in [0.2, 0.25) is 0 Å². The van der Waals surface area contributed by atoms with Crippen molar-refractivity contribution in [3.05, 3.63) is 30.1 Å². The van der Waals surface area contributed by atoms with E-state index in [0.717, 1.165) is 6.42 Å². The monoisotopic (exact) mass is 292 g/mol. The summed E-state index contributed by atoms with van der Waals surface area (Å²) in [5.74, 6) is 0.135. The maximum atomic E-state index is 12.5. The van der Waals surface area contributed by atoms with E-state index in [1.54, 1.807) is 36.4 Å². The van der Waals surface area contributed by atoms with Crippen molar-refractivity contribution in [3.8, 4) is 0 Å². The first-order chi connectivity index (χ1) is 10.0. The van der Waals surface area contributed by atoms with Crippen LogP contribution < -0.4 is 0 Å². The molecule has 0 atom stereocenters. The molecule has 0 saturated carbocycles. The number of pyridine rings is 1. The van der Waals surface area contributed by atoms with E-state index in [0.29, 0.717) is 31.2 Å². The highest BCUT2D eigenvalue weighted by Crippen LogP contribution is 2.08. The minimum absolute atomic E-state index is 0.0898. The molecular formula is C16H24N2O3. The summed E-state index contributed by atoms with van der Waals surface area (Å²) in [6.45, 7) is 7.36. The summed E-state index contributed by atoms with van der Waals surface area (Å²) in [7, 11) is 0. The summed E-state index contributed by atoms with van der Waals surface area (Å²) < 4.78 is 4.91. The van der Waals surface area contributed by atoms with Gasteiger partial charge < -0.3 is 9.64 Å². The molecule has 0 aliphatic heterocycles. The molecule has 0 spiro atoms. The Morgan fingerprint density at radius 2 is 2.10 bits per heavy atom. The lowest BCUT2D eigenvalue weighted by molar-refractivity contribution is -0.143. The molecule has 0 N–H and O–H groups in total. The largest absolute Gasteiger partial charge is 0.466 e. The van der Waals surface area contributed by atoms with Crippen molar-refractivity contribution in [1.29, 1.82) is 0 Å². The maximum absolute atomic E-state index is 12.5. The quantitative estimate of drug-likeness (QED) is 0.691. The van der Waals surface area contributed by atoms with Crippen LogP contribution in [0, 0.1) is 5.92 Å². The fraction of sp³-hybridized carbons (Fsp3) is 0.562. The SMILES string of the molecule is CCOC(=O)CCN(CCC(C)C)C(=O)c1cccnc1. The second-order valence-corrected chi connectivity index (χ2v) is 5.27. The van der Waals surface area contributed by atoms with Crippen LogP contribution in [0.2, 0.25) is 0 Å². The van der Waals surface area contributed by atoms with Crippen LogP contribution in [-0.4, -0.2) is 41.5 Å². The summed E-state index contributed by atoms with van der Waals surface area (Å²) in [5, 5.41) is 0. The third kappa shape index (κ3) is 6.38. The number of amides is 1. The molecule has 0 radical (unpaired) electrons. The molecule has 0 saturated heterocycles. The van der Waals surface area contributed by atoms with Gasteiger partial charge in [0.1, 0.15) is 0 Å². The molecular weight excluding hydrogens is 268 g/mol. The van der Waals surface area contributed by atoms with Crippen molar-refractivity contribution in [2.24, 2.45) is 5.92 Å². The standard InChI is InChI=1S/C16H24N2O3/c1-4-21-15(19)8-11-18(10-7-13(2)3)16(20)14-6-5-9-17-12-14/h5-6,9,12-13H,4,7-8,10-11H2,1-3H3. The van der Waals surface area contributed by atoms with Crippen LogP contribution in [-0.2, 0) is 9.53 Å². The van der Waals surface area contributed by atoms with Crippen LogP contribution in [0.3, 0.4) is 0 Å². The summed E-state index contributed by atoms with van der Waals surface area (Å²) in [6, 6.07) is 3.47. The van der Waals surface area contributed by atoms with Gasteiger partial charge in [-0.1, -0.05) is 13.8 Å². The Hall–Kier alpha value is -1.91. The lowest BCUT2D eigenvalue weighted by atomic mass is 10.1. The van der Waals surface area contributed by atoms with Gasteiger partial charge in [-0.15, -0.1) is 0 Å². The van der Waals surface area contributed by atoms with E-state index in [2.05, 4.69) is 18.8 Å². The zero-order valence-electron chi connectivity index (χ0n) is 13.0. The molecule has 0 aromatic carbocycles. The van der Waals surface area contributed by atoms with E-state index in [-0.39, 0.29) is 18.3 Å². The van der Waals surface area contributed by atoms with Crippen LogP contribution >= 0.6 is 0 Å². The molecule has 0 aliphatic rings. The van der Waals surface area contributed by atoms with Crippen LogP contribution in [0.1, 0.15) is 44.0 Å². The highest BCUT2D eigenvalue weighted by molar-refractivity contribution is 5.94. The zero-order valence-corrected chi connectivity index (χ0v) is 13.0. The van der Waals surface area contributed by atoms with Gasteiger partial charge in [0.25, 0.3) is 5.91 Å². The first kappa shape index (κ1) is 17.1. The molecule has 1 aromatic rings. The van der Waals surface area contributed by atoms with E-state index in [1.807, 2.05) is 0 Å². The normalized spacial score (nSPS) is 10.5. The Balaban J connectivity index is 2.67. The van der Waals surface area contributed by atoms with Crippen LogP contribution in [0.5, 0.6) is 0 Å². The molecule has 0 fully saturated rings. The molecule has 0 unspecified atom stereocenters. The zero-order chi connectivity index (χ0) is 15.7. The van der Waals surface area contributed by atoms with Crippen molar-refractivity contribution in [3.63, 3.8) is 0 Å². The van der Waals surface area contributed by atoms with Crippen molar-refractivity contribution in [2.45, 2.75) is 33.6 Å². The second kappa shape index (κ2) is 9.10. The van der Waals surface area contributed by atoms with Gasteiger partial charge in [0, 0.05) is 25.5 Å². The van der Waals surface area contributed by atoms with E-state index in [9.17, 15) is 9.59 Å².